The number of hydrogen-bond donors (Lipinski definition) is 1. The predicted octanol–water partition coefficient (Wildman–Crippen LogP) is 5.16. The Bertz CT molecular complexity index is 1050. The summed E-state index contributed by atoms with van der Waals surface area (Å²) in [5, 5.41) is 11.8. The molecule has 33 heavy (non-hydrogen) atoms. The maximum absolute atomic E-state index is 13.0. The fourth-order valence-corrected chi connectivity index (χ4v) is 3.95. The van der Waals surface area contributed by atoms with Crippen molar-refractivity contribution in [2.24, 2.45) is 0 Å². The monoisotopic (exact) mass is 490 g/mol. The Labute approximate surface area is 204 Å². The Morgan fingerprint density at radius 2 is 1.79 bits per heavy atom. The summed E-state index contributed by atoms with van der Waals surface area (Å²) < 4.78 is 5.67. The van der Waals surface area contributed by atoms with Gasteiger partial charge in [-0.1, -0.05) is 42.6 Å². The fourth-order valence-electron chi connectivity index (χ4n) is 3.65. The van der Waals surface area contributed by atoms with Gasteiger partial charge in [-0.2, -0.15) is 0 Å². The SMILES string of the molecule is CCCCOc1ccc(/C(O)=C2\C(=O)C(=O)N(CCN(C)C)C2c2ccc(Cl)c(Cl)c2)cc1. The van der Waals surface area contributed by atoms with Crippen molar-refractivity contribution in [3.63, 3.8) is 0 Å². The van der Waals surface area contributed by atoms with E-state index in [-0.39, 0.29) is 11.3 Å². The van der Waals surface area contributed by atoms with E-state index in [4.69, 9.17) is 27.9 Å². The molecule has 176 valence electrons. The van der Waals surface area contributed by atoms with Crippen LogP contribution in [0.1, 0.15) is 36.9 Å². The van der Waals surface area contributed by atoms with Crippen LogP contribution < -0.4 is 4.74 Å². The standard InChI is InChI=1S/C25H28Cl2N2O4/c1-4-5-14-33-18-9-6-16(7-10-18)23(30)21-22(17-8-11-19(26)20(27)15-17)29(13-12-28(2)3)25(32)24(21)31/h6-11,15,22,30H,4-5,12-14H2,1-3H3/b23-21+. The number of ketones is 1. The lowest BCUT2D eigenvalue weighted by atomic mass is 9.95. The molecule has 2 aromatic rings. The zero-order valence-corrected chi connectivity index (χ0v) is 20.5. The maximum atomic E-state index is 13.0. The van der Waals surface area contributed by atoms with E-state index in [1.165, 1.54) is 4.90 Å². The third-order valence-electron chi connectivity index (χ3n) is 5.48. The first-order valence-corrected chi connectivity index (χ1v) is 11.6. The lowest BCUT2D eigenvalue weighted by Crippen LogP contribution is -2.35. The van der Waals surface area contributed by atoms with Crippen molar-refractivity contribution in [1.29, 1.82) is 0 Å². The summed E-state index contributed by atoms with van der Waals surface area (Å²) in [7, 11) is 3.77. The van der Waals surface area contributed by atoms with E-state index in [2.05, 4.69) is 6.92 Å². The van der Waals surface area contributed by atoms with Crippen molar-refractivity contribution in [1.82, 2.24) is 9.80 Å². The highest BCUT2D eigenvalue weighted by atomic mass is 35.5. The maximum Gasteiger partial charge on any atom is 0.295 e. The van der Waals surface area contributed by atoms with Crippen molar-refractivity contribution in [2.45, 2.75) is 25.8 Å². The van der Waals surface area contributed by atoms with E-state index in [9.17, 15) is 14.7 Å². The number of ether oxygens (including phenoxy) is 1. The summed E-state index contributed by atoms with van der Waals surface area (Å²) in [4.78, 5) is 29.4. The number of likely N-dealkylation sites (tertiary alicyclic amines) is 1. The molecular weight excluding hydrogens is 463 g/mol. The minimum absolute atomic E-state index is 0.0248. The molecular formula is C25H28Cl2N2O4. The molecule has 1 unspecified atom stereocenters. The number of nitrogens with zero attached hydrogens (tertiary/aromatic N) is 2. The highest BCUT2D eigenvalue weighted by Crippen LogP contribution is 2.40. The molecule has 1 atom stereocenters. The molecule has 1 amide bonds. The van der Waals surface area contributed by atoms with Crippen LogP contribution in [-0.2, 0) is 9.59 Å². The highest BCUT2D eigenvalue weighted by Gasteiger charge is 2.46. The number of aliphatic hydroxyl groups excluding tert-OH is 1. The first-order valence-electron chi connectivity index (χ1n) is 10.9. The summed E-state index contributed by atoms with van der Waals surface area (Å²) in [6.07, 6.45) is 1.98. The zero-order chi connectivity index (χ0) is 24.1. The van der Waals surface area contributed by atoms with Crippen molar-refractivity contribution in [2.75, 3.05) is 33.8 Å². The lowest BCUT2D eigenvalue weighted by molar-refractivity contribution is -0.140. The van der Waals surface area contributed by atoms with Crippen LogP contribution in [0.2, 0.25) is 10.0 Å². The highest BCUT2D eigenvalue weighted by molar-refractivity contribution is 6.46. The number of unbranched alkanes of at least 4 members (excludes halogenated alkanes) is 1. The van der Waals surface area contributed by atoms with E-state index in [0.717, 1.165) is 12.8 Å². The lowest BCUT2D eigenvalue weighted by Gasteiger charge is -2.26. The molecule has 1 heterocycles. The molecule has 8 heteroatoms. The molecule has 6 nitrogen and oxygen atoms in total. The van der Waals surface area contributed by atoms with Gasteiger partial charge in [0.15, 0.2) is 0 Å². The first kappa shape index (κ1) is 25.1. The number of halogens is 2. The van der Waals surface area contributed by atoms with Crippen LogP contribution in [0.5, 0.6) is 5.75 Å². The average Bonchev–Trinajstić information content (AvgIpc) is 3.04. The molecule has 2 aromatic carbocycles. The molecule has 3 rings (SSSR count). The number of amides is 1. The van der Waals surface area contributed by atoms with Crippen LogP contribution in [0.15, 0.2) is 48.0 Å². The zero-order valence-electron chi connectivity index (χ0n) is 19.0. The molecule has 0 radical (unpaired) electrons. The number of benzene rings is 2. The van der Waals surface area contributed by atoms with E-state index < -0.39 is 17.7 Å². The van der Waals surface area contributed by atoms with Crippen molar-refractivity contribution >= 4 is 40.7 Å². The molecule has 1 fully saturated rings. The molecule has 0 saturated carbocycles. The van der Waals surface area contributed by atoms with Gasteiger partial charge in [-0.15, -0.1) is 0 Å². The largest absolute Gasteiger partial charge is 0.507 e. The van der Waals surface area contributed by atoms with Gasteiger partial charge in [0.25, 0.3) is 11.7 Å². The van der Waals surface area contributed by atoms with Crippen molar-refractivity contribution < 1.29 is 19.4 Å². The molecule has 1 aliphatic rings. The normalized spacial score (nSPS) is 17.8. The van der Waals surface area contributed by atoms with Crippen molar-refractivity contribution in [3.05, 3.63) is 69.2 Å². The van der Waals surface area contributed by atoms with Gasteiger partial charge in [-0.25, -0.2) is 0 Å². The Hall–Kier alpha value is -2.54. The second-order valence-corrected chi connectivity index (χ2v) is 9.01. The molecule has 1 N–H and O–H groups in total. The predicted molar refractivity (Wildman–Crippen MR) is 131 cm³/mol. The molecule has 1 saturated heterocycles. The topological polar surface area (TPSA) is 70.1 Å². The summed E-state index contributed by atoms with van der Waals surface area (Å²) in [5.41, 5.74) is 1.05. The number of Topliss-reactive ketones (excluding diaryl/α,β-unsaturated/α-hetero) is 1. The van der Waals surface area contributed by atoms with Crippen LogP contribution in [-0.4, -0.2) is 60.4 Å². The molecule has 0 bridgehead atoms. The third kappa shape index (κ3) is 5.69. The number of aliphatic hydroxyl groups is 1. The van der Waals surface area contributed by atoms with E-state index in [1.54, 1.807) is 42.5 Å². The Morgan fingerprint density at radius 1 is 1.09 bits per heavy atom. The summed E-state index contributed by atoms with van der Waals surface area (Å²) in [6, 6.07) is 11.0. The second-order valence-electron chi connectivity index (χ2n) is 8.20. The van der Waals surface area contributed by atoms with Gasteiger partial charge >= 0.3 is 0 Å². The number of carbonyl (C=O) groups excluding carboxylic acids is 2. The van der Waals surface area contributed by atoms with Crippen molar-refractivity contribution in [3.8, 4) is 5.75 Å². The minimum atomic E-state index is -0.778. The molecule has 0 aromatic heterocycles. The van der Waals surface area contributed by atoms with Gasteiger partial charge in [0.2, 0.25) is 0 Å². The number of hydrogen-bond acceptors (Lipinski definition) is 5. The van der Waals surface area contributed by atoms with Gasteiger partial charge in [0, 0.05) is 18.7 Å². The van der Waals surface area contributed by atoms with Gasteiger partial charge in [0.1, 0.15) is 11.5 Å². The van der Waals surface area contributed by atoms with E-state index in [0.29, 0.717) is 46.6 Å². The third-order valence-corrected chi connectivity index (χ3v) is 6.22. The first-order chi connectivity index (χ1) is 15.7. The van der Waals surface area contributed by atoms with Crippen LogP contribution in [0.25, 0.3) is 5.76 Å². The number of carbonyl (C=O) groups is 2. The quantitative estimate of drug-likeness (QED) is 0.227. The van der Waals surface area contributed by atoms with Gasteiger partial charge < -0.3 is 19.6 Å². The van der Waals surface area contributed by atoms with Gasteiger partial charge in [-0.3, -0.25) is 9.59 Å². The Morgan fingerprint density at radius 3 is 2.39 bits per heavy atom. The summed E-state index contributed by atoms with van der Waals surface area (Å²) in [6.45, 7) is 3.55. The molecule has 1 aliphatic heterocycles. The van der Waals surface area contributed by atoms with Crippen LogP contribution >= 0.6 is 23.2 Å². The molecule has 0 aliphatic carbocycles. The fraction of sp³-hybridized carbons (Fsp3) is 0.360. The minimum Gasteiger partial charge on any atom is -0.507 e. The van der Waals surface area contributed by atoms with E-state index >= 15 is 0 Å². The number of rotatable bonds is 9. The van der Waals surface area contributed by atoms with Crippen LogP contribution in [0.3, 0.4) is 0 Å². The average molecular weight is 491 g/mol. The Balaban J connectivity index is 2.03. The molecule has 0 spiro atoms. The van der Waals surface area contributed by atoms with Crippen LogP contribution in [0, 0.1) is 0 Å². The van der Waals surface area contributed by atoms with E-state index in [1.807, 2.05) is 19.0 Å². The summed E-state index contributed by atoms with van der Waals surface area (Å²) in [5.74, 6) is -0.955. The van der Waals surface area contributed by atoms with Gasteiger partial charge in [0.05, 0.1) is 28.3 Å². The van der Waals surface area contributed by atoms with Gasteiger partial charge in [-0.05, 0) is 62.5 Å². The summed E-state index contributed by atoms with van der Waals surface area (Å²) >= 11 is 12.3. The smallest absolute Gasteiger partial charge is 0.295 e. The number of likely N-dealkylation sites (N-methyl/N-ethyl adjacent to an activating group) is 1. The van der Waals surface area contributed by atoms with Crippen LogP contribution in [0.4, 0.5) is 0 Å². The Kier molecular flexibility index (Phi) is 8.40. The second kappa shape index (κ2) is 11.1.